The van der Waals surface area contributed by atoms with E-state index in [0.717, 1.165) is 14.7 Å². The Hall–Kier alpha value is -1.68. The molecule has 3 heterocycles. The molecule has 3 aliphatic rings. The Morgan fingerprint density at radius 1 is 1.19 bits per heavy atom. The van der Waals surface area contributed by atoms with Gasteiger partial charge in [-0.25, -0.2) is 0 Å². The number of hydrogen-bond acceptors (Lipinski definition) is 10. The predicted octanol–water partition coefficient (Wildman–Crippen LogP) is 1.67. The summed E-state index contributed by atoms with van der Waals surface area (Å²) in [5, 5.41) is 20.4. The molecule has 2 aliphatic heterocycles. The molecule has 5 rings (SSSR count). The van der Waals surface area contributed by atoms with Crippen molar-refractivity contribution in [2.75, 3.05) is 20.0 Å². The molecule has 11 heteroatoms. The molecule has 0 bridgehead atoms. The predicted molar refractivity (Wildman–Crippen MR) is 124 cm³/mol. The summed E-state index contributed by atoms with van der Waals surface area (Å²) in [6.45, 7) is 4.77. The van der Waals surface area contributed by atoms with Crippen molar-refractivity contribution in [3.8, 4) is 11.5 Å². The van der Waals surface area contributed by atoms with E-state index in [2.05, 4.69) is 4.08 Å². The van der Waals surface area contributed by atoms with Crippen molar-refractivity contribution in [1.82, 2.24) is 0 Å². The molecule has 6 unspecified atom stereocenters. The van der Waals surface area contributed by atoms with Crippen molar-refractivity contribution in [2.24, 2.45) is 11.8 Å². The molecule has 2 aromatic rings. The summed E-state index contributed by atoms with van der Waals surface area (Å²) in [7, 11) is 0. The van der Waals surface area contributed by atoms with E-state index in [-0.39, 0.29) is 37.9 Å². The van der Waals surface area contributed by atoms with Crippen LogP contribution in [0, 0.1) is 11.8 Å². The number of carbonyl (C=O) groups is 1. The molecule has 1 fully saturated rings. The van der Waals surface area contributed by atoms with Crippen LogP contribution in [0.5, 0.6) is 11.5 Å². The minimum atomic E-state index is -1.93. The zero-order valence-electron chi connectivity index (χ0n) is 20.0. The third-order valence-corrected chi connectivity index (χ3v) is 9.39. The van der Waals surface area contributed by atoms with Crippen LogP contribution in [0.3, 0.4) is 0 Å². The number of rotatable bonds is 9. The monoisotopic (exact) mass is 620 g/mol. The van der Waals surface area contributed by atoms with Gasteiger partial charge in [-0.1, -0.05) is 0 Å². The average Bonchev–Trinajstić information content (AvgIpc) is 3.55. The summed E-state index contributed by atoms with van der Waals surface area (Å²) in [6.07, 6.45) is -4.60. The van der Waals surface area contributed by atoms with E-state index in [1.54, 1.807) is 0 Å². The third-order valence-electron chi connectivity index (χ3n) is 6.84. The molecule has 10 nitrogen and oxygen atoms in total. The van der Waals surface area contributed by atoms with Crippen LogP contribution in [0.2, 0.25) is 0 Å². The van der Waals surface area contributed by atoms with Crippen molar-refractivity contribution in [2.45, 2.75) is 57.5 Å². The number of ether oxygens (including phenoxy) is 7. The first-order valence-corrected chi connectivity index (χ1v) is 14.4. The Kier molecular flexibility index (Phi) is 8.20. The van der Waals surface area contributed by atoms with Crippen molar-refractivity contribution >= 4 is 26.9 Å². The van der Waals surface area contributed by atoms with Gasteiger partial charge in [-0.15, -0.1) is 0 Å². The molecule has 7 atom stereocenters. The van der Waals surface area contributed by atoms with Crippen molar-refractivity contribution in [3.63, 3.8) is 0 Å². The van der Waals surface area contributed by atoms with Gasteiger partial charge >= 0.3 is 186 Å². The Morgan fingerprint density at radius 2 is 2.00 bits per heavy atom. The topological polar surface area (TPSA) is 122 Å². The quantitative estimate of drug-likeness (QED) is 0.244. The first-order valence-electron chi connectivity index (χ1n) is 11.9. The van der Waals surface area contributed by atoms with Crippen LogP contribution in [-0.4, -0.2) is 81.9 Å². The van der Waals surface area contributed by atoms with Gasteiger partial charge in [-0.3, -0.25) is 4.79 Å². The number of aliphatic hydroxyl groups excluding tert-OH is 1. The minimum absolute atomic E-state index is 0.0672. The van der Waals surface area contributed by atoms with Crippen molar-refractivity contribution in [3.05, 3.63) is 43.1 Å². The van der Waals surface area contributed by atoms with Crippen LogP contribution in [0.15, 0.2) is 28.3 Å². The van der Waals surface area contributed by atoms with Crippen LogP contribution < -0.4 is 9.47 Å². The van der Waals surface area contributed by atoms with E-state index in [4.69, 9.17) is 33.2 Å². The second-order valence-corrected chi connectivity index (χ2v) is 12.0. The molecule has 0 spiro atoms. The van der Waals surface area contributed by atoms with E-state index in [1.165, 1.54) is 0 Å². The molecule has 1 saturated heterocycles. The number of fused-ring (bicyclic) bond motifs is 2. The van der Waals surface area contributed by atoms with Crippen LogP contribution in [0.1, 0.15) is 40.9 Å². The summed E-state index contributed by atoms with van der Waals surface area (Å²) >= 11 is -0.419. The second kappa shape index (κ2) is 11.4. The van der Waals surface area contributed by atoms with E-state index in [9.17, 15) is 15.0 Å². The Balaban J connectivity index is 1.35. The van der Waals surface area contributed by atoms with Gasteiger partial charge in [-0.05, 0) is 0 Å². The van der Waals surface area contributed by atoms with Gasteiger partial charge in [0.25, 0.3) is 6.47 Å². The first-order chi connectivity index (χ1) is 17.4. The Morgan fingerprint density at radius 3 is 2.69 bits per heavy atom. The van der Waals surface area contributed by atoms with Gasteiger partial charge in [0.2, 0.25) is 6.79 Å². The summed E-state index contributed by atoms with van der Waals surface area (Å²) in [6, 6.07) is 7.81. The molecule has 0 amide bonds. The molecular weight excluding hydrogens is 588 g/mol. The van der Waals surface area contributed by atoms with Crippen LogP contribution in [0.25, 0.3) is 0 Å². The van der Waals surface area contributed by atoms with Crippen molar-refractivity contribution in [1.29, 1.82) is 0 Å². The smallest absolute Gasteiger partial charge is 0.454 e. The van der Waals surface area contributed by atoms with Crippen molar-refractivity contribution < 1.29 is 48.2 Å². The fourth-order valence-electron chi connectivity index (χ4n) is 4.90. The molecule has 196 valence electrons. The minimum Gasteiger partial charge on any atom is -0.454 e. The number of aliphatic hydroxyl groups is 2. The molecule has 1 aromatic heterocycles. The van der Waals surface area contributed by atoms with E-state index in [0.29, 0.717) is 24.4 Å². The van der Waals surface area contributed by atoms with Crippen LogP contribution in [-0.2, 0) is 34.9 Å². The summed E-state index contributed by atoms with van der Waals surface area (Å²) in [4.78, 5) is 11.0. The average molecular weight is 618 g/mol. The zero-order valence-corrected chi connectivity index (χ0v) is 22.3. The summed E-state index contributed by atoms with van der Waals surface area (Å²) < 4.78 is 43.7. The molecule has 36 heavy (non-hydrogen) atoms. The third kappa shape index (κ3) is 5.44. The zero-order chi connectivity index (χ0) is 25.2. The molecule has 1 aromatic carbocycles. The maximum atomic E-state index is 11.0. The van der Waals surface area contributed by atoms with E-state index < -0.39 is 51.5 Å². The standard InChI is InChI=1S/C25H30O10Te/c1-13-6-15-7-18-19(32-12-31-18)8-16(15)22(17(13)9-29-11-26)35-25(23(27)28)34-20-10-30-24(33-14(20)2)21-4-3-5-36-21/h3-5,7-8,11,13-14,17,20,22-25,27-28H,6,9-10,12H2,1-2H3/t13?,14-,17?,20?,22?,24?,25?/m0/s1. The van der Waals surface area contributed by atoms with E-state index >= 15 is 0 Å². The molecular formula is C25H30O10Te. The number of benzene rings is 1. The summed E-state index contributed by atoms with van der Waals surface area (Å²) in [5.41, 5.74) is 1.80. The van der Waals surface area contributed by atoms with Gasteiger partial charge in [0.15, 0.2) is 5.75 Å². The SMILES string of the molecule is CC1Cc2cc3c(cc2C(OC(OC2COC(c4ccc[te]4)O[C@H]2C)C(O)O)C1COC=O)OCO3. The van der Waals surface area contributed by atoms with Gasteiger partial charge in [-0.2, -0.15) is 0 Å². The Bertz CT molecular complexity index is 1030. The molecule has 0 saturated carbocycles. The van der Waals surface area contributed by atoms with E-state index in [1.807, 2.05) is 38.1 Å². The molecule has 0 radical (unpaired) electrons. The van der Waals surface area contributed by atoms with Gasteiger partial charge < -0.3 is 9.47 Å². The molecule has 2 N–H and O–H groups in total. The van der Waals surface area contributed by atoms with Crippen LogP contribution in [0.4, 0.5) is 0 Å². The van der Waals surface area contributed by atoms with Gasteiger partial charge in [0.05, 0.1) is 0 Å². The normalized spacial score (nSPS) is 30.1. The second-order valence-electron chi connectivity index (χ2n) is 9.21. The van der Waals surface area contributed by atoms with Gasteiger partial charge in [0, 0.05) is 0 Å². The number of hydrogen-bond donors (Lipinski definition) is 2. The molecule has 1 aliphatic carbocycles. The van der Waals surface area contributed by atoms with Gasteiger partial charge in [0.1, 0.15) is 0 Å². The van der Waals surface area contributed by atoms with Crippen LogP contribution >= 0.6 is 0 Å². The first kappa shape index (κ1) is 25.9. The fourth-order valence-corrected chi connectivity index (χ4v) is 6.91. The maximum absolute atomic E-state index is 11.0. The fraction of sp³-hybridized carbons (Fsp3) is 0.560. The number of carbonyl (C=O) groups excluding carboxylic acids is 1. The summed E-state index contributed by atoms with van der Waals surface area (Å²) in [5.74, 6) is 1.06. The Labute approximate surface area is 218 Å².